The lowest BCUT2D eigenvalue weighted by atomic mass is 9.98. The number of carbonyl (C=O) groups excluding carboxylic acids is 2. The maximum absolute atomic E-state index is 15.0. The molecular weight excluding hydrogens is 403 g/mol. The number of primary amides is 1. The van der Waals surface area contributed by atoms with Gasteiger partial charge in [0.25, 0.3) is 0 Å². The first kappa shape index (κ1) is 19.7. The van der Waals surface area contributed by atoms with Crippen molar-refractivity contribution in [2.45, 2.75) is 6.54 Å². The molecule has 0 aliphatic rings. The average molecular weight is 422 g/mol. The molecule has 156 valence electrons. The Morgan fingerprint density at radius 1 is 0.781 bits per heavy atom. The highest BCUT2D eigenvalue weighted by molar-refractivity contribution is 6.18. The highest BCUT2D eigenvalue weighted by atomic mass is 19.1. The molecule has 5 heteroatoms. The molecule has 0 saturated heterocycles. The van der Waals surface area contributed by atoms with Crippen molar-refractivity contribution in [2.24, 2.45) is 5.73 Å². The van der Waals surface area contributed by atoms with Crippen molar-refractivity contribution >= 4 is 33.5 Å². The molecule has 32 heavy (non-hydrogen) atoms. The molecule has 5 rings (SSSR count). The number of aromatic nitrogens is 1. The molecule has 0 fully saturated rings. The third-order valence-electron chi connectivity index (χ3n) is 5.75. The molecule has 0 atom stereocenters. The van der Waals surface area contributed by atoms with E-state index in [9.17, 15) is 9.59 Å². The van der Waals surface area contributed by atoms with Crippen molar-refractivity contribution in [3.05, 3.63) is 119 Å². The molecule has 0 saturated carbocycles. The van der Waals surface area contributed by atoms with Gasteiger partial charge in [-0.2, -0.15) is 0 Å². The zero-order valence-corrected chi connectivity index (χ0v) is 17.1. The maximum atomic E-state index is 15.0. The van der Waals surface area contributed by atoms with Crippen molar-refractivity contribution < 1.29 is 14.0 Å². The summed E-state index contributed by atoms with van der Waals surface area (Å²) in [5.41, 5.74) is 8.90. The zero-order chi connectivity index (χ0) is 22.2. The van der Waals surface area contributed by atoms with Gasteiger partial charge in [0.2, 0.25) is 5.91 Å². The second-order valence-corrected chi connectivity index (χ2v) is 7.64. The van der Waals surface area contributed by atoms with E-state index in [0.717, 1.165) is 5.56 Å². The predicted molar refractivity (Wildman–Crippen MR) is 123 cm³/mol. The van der Waals surface area contributed by atoms with Crippen LogP contribution in [0.2, 0.25) is 0 Å². The van der Waals surface area contributed by atoms with E-state index in [0.29, 0.717) is 38.5 Å². The maximum Gasteiger partial charge on any atom is 0.249 e. The molecule has 0 aliphatic heterocycles. The molecule has 0 bridgehead atoms. The smallest absolute Gasteiger partial charge is 0.249 e. The van der Waals surface area contributed by atoms with E-state index in [-0.39, 0.29) is 12.3 Å². The van der Waals surface area contributed by atoms with Crippen molar-refractivity contribution in [3.8, 4) is 0 Å². The van der Waals surface area contributed by atoms with Gasteiger partial charge in [-0.1, -0.05) is 72.8 Å². The van der Waals surface area contributed by atoms with Gasteiger partial charge in [0, 0.05) is 34.0 Å². The lowest BCUT2D eigenvalue weighted by Gasteiger charge is -2.13. The van der Waals surface area contributed by atoms with Gasteiger partial charge in [0.15, 0.2) is 5.78 Å². The molecule has 4 nitrogen and oxygen atoms in total. The summed E-state index contributed by atoms with van der Waals surface area (Å²) in [6.45, 7) is 0.262. The molecule has 1 aromatic heterocycles. The summed E-state index contributed by atoms with van der Waals surface area (Å²) in [5, 5.41) is 1.22. The number of rotatable bonds is 5. The summed E-state index contributed by atoms with van der Waals surface area (Å²) >= 11 is 0. The minimum Gasteiger partial charge on any atom is -0.366 e. The standard InChI is InChI=1S/C27H19FN2O2/c28-22-14-6-12-20-24-21(27(29)32)13-7-15-23(24)30(25(20)22)16-18-10-4-5-11-19(18)26(31)17-8-2-1-3-9-17/h1-15H,16H2,(H2,29,32). The van der Waals surface area contributed by atoms with Gasteiger partial charge in [0.1, 0.15) is 5.82 Å². The summed E-state index contributed by atoms with van der Waals surface area (Å²) < 4.78 is 16.8. The van der Waals surface area contributed by atoms with Crippen molar-refractivity contribution in [1.82, 2.24) is 4.57 Å². The molecule has 5 aromatic rings. The van der Waals surface area contributed by atoms with Crippen LogP contribution in [0.25, 0.3) is 21.8 Å². The number of hydrogen-bond donors (Lipinski definition) is 1. The molecule has 4 aromatic carbocycles. The Morgan fingerprint density at radius 2 is 1.47 bits per heavy atom. The number of carbonyl (C=O) groups is 2. The van der Waals surface area contributed by atoms with Crippen LogP contribution in [0.1, 0.15) is 31.8 Å². The van der Waals surface area contributed by atoms with Gasteiger partial charge in [-0.15, -0.1) is 0 Å². The van der Waals surface area contributed by atoms with Crippen LogP contribution in [-0.2, 0) is 6.54 Å². The van der Waals surface area contributed by atoms with E-state index in [4.69, 9.17) is 5.73 Å². The van der Waals surface area contributed by atoms with Crippen LogP contribution in [0.3, 0.4) is 0 Å². The van der Waals surface area contributed by atoms with Gasteiger partial charge in [-0.05, 0) is 23.8 Å². The fourth-order valence-electron chi connectivity index (χ4n) is 4.32. The van der Waals surface area contributed by atoms with E-state index >= 15 is 4.39 Å². The van der Waals surface area contributed by atoms with Crippen molar-refractivity contribution in [3.63, 3.8) is 0 Å². The minimum atomic E-state index is -0.571. The van der Waals surface area contributed by atoms with Crippen LogP contribution in [0.15, 0.2) is 91.0 Å². The normalized spacial score (nSPS) is 11.2. The van der Waals surface area contributed by atoms with Gasteiger partial charge < -0.3 is 10.3 Å². The molecule has 1 heterocycles. The topological polar surface area (TPSA) is 65.1 Å². The number of fused-ring (bicyclic) bond motifs is 3. The van der Waals surface area contributed by atoms with E-state index in [2.05, 4.69) is 0 Å². The third-order valence-corrected chi connectivity index (χ3v) is 5.75. The van der Waals surface area contributed by atoms with Gasteiger partial charge in [-0.25, -0.2) is 4.39 Å². The van der Waals surface area contributed by atoms with Crippen molar-refractivity contribution in [1.29, 1.82) is 0 Å². The largest absolute Gasteiger partial charge is 0.366 e. The second kappa shape index (κ2) is 7.78. The molecule has 0 spiro atoms. The molecule has 2 N–H and O–H groups in total. The Hall–Kier alpha value is -4.25. The number of ketones is 1. The Balaban J connectivity index is 1.74. The van der Waals surface area contributed by atoms with E-state index in [1.165, 1.54) is 6.07 Å². The van der Waals surface area contributed by atoms with E-state index in [1.54, 1.807) is 42.5 Å². The van der Waals surface area contributed by atoms with Crippen LogP contribution in [0.5, 0.6) is 0 Å². The SMILES string of the molecule is NC(=O)c1cccc2c1c1cccc(F)c1n2Cc1ccccc1C(=O)c1ccccc1. The van der Waals surface area contributed by atoms with E-state index < -0.39 is 11.7 Å². The first-order valence-corrected chi connectivity index (χ1v) is 10.2. The lowest BCUT2D eigenvalue weighted by molar-refractivity contribution is 0.1000. The number of nitrogens with two attached hydrogens (primary N) is 1. The summed E-state index contributed by atoms with van der Waals surface area (Å²) in [6, 6.07) is 26.4. The van der Waals surface area contributed by atoms with Crippen LogP contribution < -0.4 is 5.73 Å². The van der Waals surface area contributed by atoms with Crippen LogP contribution in [-0.4, -0.2) is 16.3 Å². The Labute approximate surface area is 183 Å². The molecule has 0 radical (unpaired) electrons. The molecular formula is C27H19FN2O2. The summed E-state index contributed by atoms with van der Waals surface area (Å²) in [4.78, 5) is 25.3. The highest BCUT2D eigenvalue weighted by Crippen LogP contribution is 2.34. The van der Waals surface area contributed by atoms with Gasteiger partial charge >= 0.3 is 0 Å². The number of nitrogens with zero attached hydrogens (tertiary/aromatic N) is 1. The van der Waals surface area contributed by atoms with E-state index in [1.807, 2.05) is 47.0 Å². The van der Waals surface area contributed by atoms with Crippen molar-refractivity contribution in [2.75, 3.05) is 0 Å². The fraction of sp³-hybridized carbons (Fsp3) is 0.0370. The first-order valence-electron chi connectivity index (χ1n) is 10.2. The summed E-state index contributed by atoms with van der Waals surface area (Å²) in [7, 11) is 0. The highest BCUT2D eigenvalue weighted by Gasteiger charge is 2.20. The van der Waals surface area contributed by atoms with Crippen LogP contribution in [0, 0.1) is 5.82 Å². The Kier molecular flexibility index (Phi) is 4.79. The molecule has 0 aliphatic carbocycles. The van der Waals surface area contributed by atoms with Crippen LogP contribution in [0.4, 0.5) is 4.39 Å². The zero-order valence-electron chi connectivity index (χ0n) is 17.1. The van der Waals surface area contributed by atoms with Gasteiger partial charge in [-0.3, -0.25) is 9.59 Å². The fourth-order valence-corrected chi connectivity index (χ4v) is 4.32. The number of benzene rings is 4. The van der Waals surface area contributed by atoms with Crippen LogP contribution >= 0.6 is 0 Å². The summed E-state index contributed by atoms with van der Waals surface area (Å²) in [5.74, 6) is -1.07. The second-order valence-electron chi connectivity index (χ2n) is 7.64. The Morgan fingerprint density at radius 3 is 2.25 bits per heavy atom. The number of amides is 1. The first-order chi connectivity index (χ1) is 15.6. The monoisotopic (exact) mass is 422 g/mol. The third kappa shape index (κ3) is 3.15. The quantitative estimate of drug-likeness (QED) is 0.390. The van der Waals surface area contributed by atoms with Gasteiger partial charge in [0.05, 0.1) is 11.0 Å². The number of hydrogen-bond acceptors (Lipinski definition) is 2. The summed E-state index contributed by atoms with van der Waals surface area (Å²) in [6.07, 6.45) is 0. The minimum absolute atomic E-state index is 0.0970. The lowest BCUT2D eigenvalue weighted by Crippen LogP contribution is -2.11. The average Bonchev–Trinajstić information content (AvgIpc) is 3.14. The molecule has 1 amide bonds. The predicted octanol–water partition coefficient (Wildman–Crippen LogP) is 5.31. The number of halogens is 1. The molecule has 0 unspecified atom stereocenters. The number of para-hydroxylation sites is 1. The Bertz CT molecular complexity index is 1500.